The molecule has 0 saturated carbocycles. The number of aliphatic hydroxyl groups excluding tert-OH is 1. The third kappa shape index (κ3) is 2.81. The monoisotopic (exact) mass is 233 g/mol. The molecule has 0 bridgehead atoms. The van der Waals surface area contributed by atoms with Crippen LogP contribution in [0.3, 0.4) is 0 Å². The summed E-state index contributed by atoms with van der Waals surface area (Å²) >= 11 is 5.81. The van der Waals surface area contributed by atoms with Gasteiger partial charge >= 0.3 is 0 Å². The third-order valence-corrected chi connectivity index (χ3v) is 2.61. The van der Waals surface area contributed by atoms with E-state index in [0.717, 1.165) is 28.3 Å². The van der Waals surface area contributed by atoms with Crippen molar-refractivity contribution >= 4 is 11.6 Å². The van der Waals surface area contributed by atoms with Crippen molar-refractivity contribution in [3.63, 3.8) is 0 Å². The van der Waals surface area contributed by atoms with Crippen LogP contribution < -0.4 is 0 Å². The summed E-state index contributed by atoms with van der Waals surface area (Å²) in [5, 5.41) is 9.76. The molecule has 0 aliphatic rings. The highest BCUT2D eigenvalue weighted by Gasteiger charge is 1.99. The van der Waals surface area contributed by atoms with Crippen LogP contribution in [0.25, 0.3) is 0 Å². The van der Waals surface area contributed by atoms with Crippen molar-refractivity contribution in [2.45, 2.75) is 13.0 Å². The van der Waals surface area contributed by atoms with Gasteiger partial charge in [0.25, 0.3) is 0 Å². The first-order chi connectivity index (χ1) is 7.78. The van der Waals surface area contributed by atoms with Crippen LogP contribution in [0.2, 0.25) is 5.02 Å². The maximum Gasteiger partial charge on any atom is 0.0683 e. The summed E-state index contributed by atoms with van der Waals surface area (Å²) in [5.41, 5.74) is 3.00. The number of aromatic nitrogens is 1. The van der Waals surface area contributed by atoms with E-state index in [4.69, 9.17) is 16.7 Å². The van der Waals surface area contributed by atoms with Crippen molar-refractivity contribution in [2.75, 3.05) is 0 Å². The van der Waals surface area contributed by atoms with Crippen molar-refractivity contribution < 1.29 is 5.11 Å². The Hall–Kier alpha value is -1.38. The highest BCUT2D eigenvalue weighted by Crippen LogP contribution is 2.13. The summed E-state index contributed by atoms with van der Waals surface area (Å²) in [5.74, 6) is 0. The highest BCUT2D eigenvalue weighted by molar-refractivity contribution is 6.30. The zero-order valence-corrected chi connectivity index (χ0v) is 9.48. The van der Waals surface area contributed by atoms with Gasteiger partial charge in [-0.1, -0.05) is 23.7 Å². The van der Waals surface area contributed by atoms with Crippen molar-refractivity contribution in [3.8, 4) is 0 Å². The van der Waals surface area contributed by atoms with Gasteiger partial charge < -0.3 is 5.11 Å². The Kier molecular flexibility index (Phi) is 3.54. The van der Waals surface area contributed by atoms with E-state index < -0.39 is 0 Å². The van der Waals surface area contributed by atoms with Crippen LogP contribution in [-0.4, -0.2) is 10.1 Å². The highest BCUT2D eigenvalue weighted by atomic mass is 35.5. The van der Waals surface area contributed by atoms with Crippen molar-refractivity contribution in [1.29, 1.82) is 0 Å². The van der Waals surface area contributed by atoms with Crippen molar-refractivity contribution in [1.82, 2.24) is 4.98 Å². The first-order valence-electron chi connectivity index (χ1n) is 5.07. The Morgan fingerprint density at radius 3 is 2.50 bits per heavy atom. The number of aliphatic hydroxyl groups is 1. The first kappa shape index (κ1) is 11.1. The molecule has 82 valence electrons. The Morgan fingerprint density at radius 1 is 1.06 bits per heavy atom. The number of rotatable bonds is 3. The fraction of sp³-hybridized carbons (Fsp3) is 0.154. The lowest BCUT2D eigenvalue weighted by Crippen LogP contribution is -1.94. The fourth-order valence-corrected chi connectivity index (χ4v) is 1.66. The number of pyridine rings is 1. The van der Waals surface area contributed by atoms with Crippen LogP contribution in [0.1, 0.15) is 16.8 Å². The van der Waals surface area contributed by atoms with E-state index in [1.54, 1.807) is 6.20 Å². The van der Waals surface area contributed by atoms with Gasteiger partial charge in [-0.2, -0.15) is 0 Å². The minimum atomic E-state index is 0.0517. The molecule has 1 aromatic heterocycles. The summed E-state index contributed by atoms with van der Waals surface area (Å²) in [7, 11) is 0. The Bertz CT molecular complexity index is 468. The van der Waals surface area contributed by atoms with E-state index in [1.807, 2.05) is 36.4 Å². The van der Waals surface area contributed by atoms with Gasteiger partial charge in [0.2, 0.25) is 0 Å². The van der Waals surface area contributed by atoms with Crippen LogP contribution in [0.5, 0.6) is 0 Å². The quantitative estimate of drug-likeness (QED) is 0.885. The smallest absolute Gasteiger partial charge is 0.0683 e. The fourth-order valence-electron chi connectivity index (χ4n) is 1.53. The maximum atomic E-state index is 9.02. The van der Waals surface area contributed by atoms with Gasteiger partial charge in [-0.15, -0.1) is 0 Å². The average molecular weight is 234 g/mol. The first-order valence-corrected chi connectivity index (χ1v) is 5.45. The van der Waals surface area contributed by atoms with Crippen molar-refractivity contribution in [2.24, 2.45) is 0 Å². The van der Waals surface area contributed by atoms with Gasteiger partial charge in [0.15, 0.2) is 0 Å². The molecule has 0 aliphatic carbocycles. The van der Waals surface area contributed by atoms with Gasteiger partial charge in [-0.25, -0.2) is 0 Å². The summed E-state index contributed by atoms with van der Waals surface area (Å²) in [4.78, 5) is 4.26. The average Bonchev–Trinajstić information content (AvgIpc) is 2.32. The van der Waals surface area contributed by atoms with Crippen molar-refractivity contribution in [3.05, 3.63) is 64.4 Å². The van der Waals surface area contributed by atoms with Gasteiger partial charge in [0.1, 0.15) is 0 Å². The molecule has 0 atom stereocenters. The van der Waals surface area contributed by atoms with E-state index in [2.05, 4.69) is 4.98 Å². The van der Waals surface area contributed by atoms with E-state index in [1.165, 1.54) is 0 Å². The largest absolute Gasteiger partial charge is 0.392 e. The molecular formula is C13H12ClNO. The Morgan fingerprint density at radius 2 is 1.81 bits per heavy atom. The second kappa shape index (κ2) is 5.10. The molecule has 2 nitrogen and oxygen atoms in total. The Balaban J connectivity index is 2.16. The molecule has 0 amide bonds. The molecule has 2 aromatic rings. The van der Waals surface area contributed by atoms with E-state index in [9.17, 15) is 0 Å². The molecule has 1 heterocycles. The molecule has 0 radical (unpaired) electrons. The predicted octanol–water partition coefficient (Wildman–Crippen LogP) is 2.82. The normalized spacial score (nSPS) is 10.4. The van der Waals surface area contributed by atoms with Gasteiger partial charge in [0.05, 0.1) is 6.61 Å². The van der Waals surface area contributed by atoms with Gasteiger partial charge in [0, 0.05) is 23.3 Å². The summed E-state index contributed by atoms with van der Waals surface area (Å²) < 4.78 is 0. The summed E-state index contributed by atoms with van der Waals surface area (Å²) in [6.45, 7) is 0.0517. The zero-order chi connectivity index (χ0) is 11.4. The number of benzene rings is 1. The standard InChI is InChI=1S/C13H12ClNO/c14-12-3-1-10(2-4-12)7-13-8-11(9-16)5-6-15-13/h1-6,8,16H,7,9H2. The molecule has 0 saturated heterocycles. The molecule has 1 N–H and O–H groups in total. The minimum absolute atomic E-state index is 0.0517. The molecule has 0 unspecified atom stereocenters. The number of hydrogen-bond donors (Lipinski definition) is 1. The van der Waals surface area contributed by atoms with Gasteiger partial charge in [-0.05, 0) is 35.4 Å². The topological polar surface area (TPSA) is 33.1 Å². The lowest BCUT2D eigenvalue weighted by Gasteiger charge is -2.03. The van der Waals surface area contributed by atoms with E-state index >= 15 is 0 Å². The van der Waals surface area contributed by atoms with Crippen LogP contribution in [0.15, 0.2) is 42.6 Å². The number of nitrogens with zero attached hydrogens (tertiary/aromatic N) is 1. The van der Waals surface area contributed by atoms with Crippen LogP contribution in [0, 0.1) is 0 Å². The summed E-state index contributed by atoms with van der Waals surface area (Å²) in [6.07, 6.45) is 2.47. The minimum Gasteiger partial charge on any atom is -0.392 e. The van der Waals surface area contributed by atoms with E-state index in [0.29, 0.717) is 0 Å². The lowest BCUT2D eigenvalue weighted by atomic mass is 10.1. The number of halogens is 1. The molecule has 16 heavy (non-hydrogen) atoms. The zero-order valence-electron chi connectivity index (χ0n) is 8.73. The van der Waals surface area contributed by atoms with E-state index in [-0.39, 0.29) is 6.61 Å². The third-order valence-electron chi connectivity index (χ3n) is 2.36. The second-order valence-electron chi connectivity index (χ2n) is 3.62. The number of hydrogen-bond acceptors (Lipinski definition) is 2. The molecule has 0 fully saturated rings. The molecule has 2 rings (SSSR count). The molecule has 1 aromatic carbocycles. The molecular weight excluding hydrogens is 222 g/mol. The second-order valence-corrected chi connectivity index (χ2v) is 4.05. The molecule has 0 spiro atoms. The predicted molar refractivity (Wildman–Crippen MR) is 64.4 cm³/mol. The van der Waals surface area contributed by atoms with Crippen LogP contribution >= 0.6 is 11.6 Å². The lowest BCUT2D eigenvalue weighted by molar-refractivity contribution is 0.281. The SMILES string of the molecule is OCc1ccnc(Cc2ccc(Cl)cc2)c1. The molecule has 0 aliphatic heterocycles. The van der Waals surface area contributed by atoms with Crippen LogP contribution in [-0.2, 0) is 13.0 Å². The maximum absolute atomic E-state index is 9.02. The van der Waals surface area contributed by atoms with Crippen LogP contribution in [0.4, 0.5) is 0 Å². The summed E-state index contributed by atoms with van der Waals surface area (Å²) in [6, 6.07) is 11.4. The molecule has 3 heteroatoms. The van der Waals surface area contributed by atoms with Gasteiger partial charge in [-0.3, -0.25) is 4.98 Å². The Labute approximate surface area is 99.5 Å².